The zero-order valence-corrected chi connectivity index (χ0v) is 13.8. The monoisotopic (exact) mass is 323 g/mol. The van der Waals surface area contributed by atoms with Crippen molar-refractivity contribution in [1.82, 2.24) is 4.98 Å². The highest BCUT2D eigenvalue weighted by Crippen LogP contribution is 2.19. The molecule has 0 spiro atoms. The molecule has 1 unspecified atom stereocenters. The molecule has 0 radical (unpaired) electrons. The number of aromatic nitrogens is 1. The number of fused-ring (bicyclic) bond motifs is 2. The number of rotatable bonds is 4. The van der Waals surface area contributed by atoms with Gasteiger partial charge in [0.1, 0.15) is 0 Å². The summed E-state index contributed by atoms with van der Waals surface area (Å²) in [6, 6.07) is 12.1. The number of aromatic amines is 1. The SMILES string of the molecule is CC(C)CC(N)C(=O)Nc1ccc2[nH]c3ccccc3c(=O)c2c1. The lowest BCUT2D eigenvalue weighted by molar-refractivity contribution is -0.117. The molecule has 0 aliphatic rings. The lowest BCUT2D eigenvalue weighted by Crippen LogP contribution is -2.36. The van der Waals surface area contributed by atoms with Crippen molar-refractivity contribution in [3.63, 3.8) is 0 Å². The Hall–Kier alpha value is -2.66. The van der Waals surface area contributed by atoms with Crippen molar-refractivity contribution >= 4 is 33.4 Å². The summed E-state index contributed by atoms with van der Waals surface area (Å²) < 4.78 is 0. The highest BCUT2D eigenvalue weighted by molar-refractivity contribution is 5.98. The van der Waals surface area contributed by atoms with E-state index in [1.54, 1.807) is 24.3 Å². The van der Waals surface area contributed by atoms with Crippen LogP contribution in [0.4, 0.5) is 5.69 Å². The number of nitrogens with two attached hydrogens (primary N) is 1. The Morgan fingerprint density at radius 3 is 2.58 bits per heavy atom. The van der Waals surface area contributed by atoms with Gasteiger partial charge in [0.25, 0.3) is 0 Å². The van der Waals surface area contributed by atoms with E-state index in [1.165, 1.54) is 0 Å². The molecular formula is C19H21N3O2. The summed E-state index contributed by atoms with van der Waals surface area (Å²) in [5.74, 6) is 0.108. The van der Waals surface area contributed by atoms with E-state index in [4.69, 9.17) is 5.73 Å². The smallest absolute Gasteiger partial charge is 0.241 e. The van der Waals surface area contributed by atoms with E-state index in [2.05, 4.69) is 10.3 Å². The number of H-pyrrole nitrogens is 1. The zero-order valence-electron chi connectivity index (χ0n) is 13.8. The molecule has 5 heteroatoms. The van der Waals surface area contributed by atoms with E-state index < -0.39 is 6.04 Å². The number of carbonyl (C=O) groups excluding carboxylic acids is 1. The minimum atomic E-state index is -0.560. The molecule has 0 aliphatic carbocycles. The van der Waals surface area contributed by atoms with Gasteiger partial charge >= 0.3 is 0 Å². The van der Waals surface area contributed by atoms with E-state index in [0.717, 1.165) is 11.0 Å². The summed E-state index contributed by atoms with van der Waals surface area (Å²) in [6.07, 6.45) is 0.616. The maximum absolute atomic E-state index is 12.6. The summed E-state index contributed by atoms with van der Waals surface area (Å²) >= 11 is 0. The molecule has 0 saturated heterocycles. The van der Waals surface area contributed by atoms with Crippen molar-refractivity contribution in [3.05, 3.63) is 52.7 Å². The Kier molecular flexibility index (Phi) is 4.36. The third-order valence-corrected chi connectivity index (χ3v) is 4.03. The predicted molar refractivity (Wildman–Crippen MR) is 98.1 cm³/mol. The van der Waals surface area contributed by atoms with Crippen LogP contribution in [0, 0.1) is 5.92 Å². The van der Waals surface area contributed by atoms with E-state index in [0.29, 0.717) is 28.8 Å². The van der Waals surface area contributed by atoms with E-state index >= 15 is 0 Å². The van der Waals surface area contributed by atoms with Crippen LogP contribution >= 0.6 is 0 Å². The molecule has 5 nitrogen and oxygen atoms in total. The first-order valence-electron chi connectivity index (χ1n) is 8.07. The van der Waals surface area contributed by atoms with Gasteiger partial charge in [0.2, 0.25) is 5.91 Å². The molecule has 1 aromatic heterocycles. The number of anilines is 1. The summed E-state index contributed by atoms with van der Waals surface area (Å²) in [5.41, 5.74) is 7.96. The lowest BCUT2D eigenvalue weighted by atomic mass is 10.0. The van der Waals surface area contributed by atoms with Gasteiger partial charge in [0, 0.05) is 27.5 Å². The molecule has 1 atom stereocenters. The Labute approximate surface area is 139 Å². The first kappa shape index (κ1) is 16.2. The largest absolute Gasteiger partial charge is 0.354 e. The number of amides is 1. The van der Waals surface area contributed by atoms with Gasteiger partial charge in [-0.25, -0.2) is 0 Å². The van der Waals surface area contributed by atoms with Crippen LogP contribution < -0.4 is 16.5 Å². The van der Waals surface area contributed by atoms with Gasteiger partial charge in [0.15, 0.2) is 5.43 Å². The van der Waals surface area contributed by atoms with Crippen LogP contribution in [-0.2, 0) is 4.79 Å². The summed E-state index contributed by atoms with van der Waals surface area (Å²) in [7, 11) is 0. The van der Waals surface area contributed by atoms with Crippen LogP contribution in [0.15, 0.2) is 47.3 Å². The molecule has 0 bridgehead atoms. The van der Waals surface area contributed by atoms with Crippen molar-refractivity contribution in [2.24, 2.45) is 11.7 Å². The van der Waals surface area contributed by atoms with Gasteiger partial charge in [0.05, 0.1) is 6.04 Å². The average molecular weight is 323 g/mol. The summed E-state index contributed by atoms with van der Waals surface area (Å²) in [5, 5.41) is 3.97. The molecule has 0 saturated carbocycles. The second-order valence-electron chi connectivity index (χ2n) is 6.49. The Bertz CT molecular complexity index is 960. The van der Waals surface area contributed by atoms with Crippen LogP contribution in [0.25, 0.3) is 21.8 Å². The molecule has 1 heterocycles. The van der Waals surface area contributed by atoms with Crippen molar-refractivity contribution in [1.29, 1.82) is 0 Å². The molecule has 24 heavy (non-hydrogen) atoms. The topological polar surface area (TPSA) is 88.0 Å². The third-order valence-electron chi connectivity index (χ3n) is 4.03. The average Bonchev–Trinajstić information content (AvgIpc) is 2.55. The Morgan fingerprint density at radius 2 is 1.83 bits per heavy atom. The van der Waals surface area contributed by atoms with Gasteiger partial charge < -0.3 is 16.0 Å². The van der Waals surface area contributed by atoms with Crippen molar-refractivity contribution < 1.29 is 4.79 Å². The molecule has 0 aliphatic heterocycles. The minimum Gasteiger partial charge on any atom is -0.354 e. The second-order valence-corrected chi connectivity index (χ2v) is 6.49. The quantitative estimate of drug-likeness (QED) is 0.645. The number of para-hydroxylation sites is 1. The molecule has 2 aromatic carbocycles. The maximum atomic E-state index is 12.6. The molecule has 3 rings (SSSR count). The fraction of sp³-hybridized carbons (Fsp3) is 0.263. The van der Waals surface area contributed by atoms with Gasteiger partial charge in [-0.2, -0.15) is 0 Å². The number of pyridine rings is 1. The third kappa shape index (κ3) is 3.16. The fourth-order valence-electron chi connectivity index (χ4n) is 2.85. The van der Waals surface area contributed by atoms with Crippen LogP contribution in [0.2, 0.25) is 0 Å². The highest BCUT2D eigenvalue weighted by Gasteiger charge is 2.15. The summed E-state index contributed by atoms with van der Waals surface area (Å²) in [4.78, 5) is 28.0. The lowest BCUT2D eigenvalue weighted by Gasteiger charge is -2.14. The van der Waals surface area contributed by atoms with Crippen LogP contribution in [-0.4, -0.2) is 16.9 Å². The van der Waals surface area contributed by atoms with Gasteiger partial charge in [-0.3, -0.25) is 9.59 Å². The maximum Gasteiger partial charge on any atom is 0.241 e. The first-order chi connectivity index (χ1) is 11.5. The summed E-state index contributed by atoms with van der Waals surface area (Å²) in [6.45, 7) is 4.04. The molecule has 0 fully saturated rings. The number of nitrogens with one attached hydrogen (secondary N) is 2. The Morgan fingerprint density at radius 1 is 1.12 bits per heavy atom. The molecule has 4 N–H and O–H groups in total. The number of carbonyl (C=O) groups is 1. The van der Waals surface area contributed by atoms with Crippen molar-refractivity contribution in [3.8, 4) is 0 Å². The second kappa shape index (κ2) is 6.45. The highest BCUT2D eigenvalue weighted by atomic mass is 16.2. The van der Waals surface area contributed by atoms with Crippen molar-refractivity contribution in [2.45, 2.75) is 26.3 Å². The first-order valence-corrected chi connectivity index (χ1v) is 8.07. The normalized spacial score (nSPS) is 12.7. The number of benzene rings is 2. The van der Waals surface area contributed by atoms with Crippen LogP contribution in [0.1, 0.15) is 20.3 Å². The van der Waals surface area contributed by atoms with E-state index in [9.17, 15) is 9.59 Å². The fourth-order valence-corrected chi connectivity index (χ4v) is 2.85. The Balaban J connectivity index is 1.96. The van der Waals surface area contributed by atoms with Crippen molar-refractivity contribution in [2.75, 3.05) is 5.32 Å². The molecule has 1 amide bonds. The van der Waals surface area contributed by atoms with Crippen LogP contribution in [0.5, 0.6) is 0 Å². The predicted octanol–water partition coefficient (Wildman–Crippen LogP) is 2.99. The number of hydrogen-bond donors (Lipinski definition) is 3. The minimum absolute atomic E-state index is 0.0538. The number of hydrogen-bond acceptors (Lipinski definition) is 3. The van der Waals surface area contributed by atoms with E-state index in [-0.39, 0.29) is 11.3 Å². The van der Waals surface area contributed by atoms with Gasteiger partial charge in [-0.05, 0) is 42.7 Å². The standard InChI is InChI=1S/C19H21N3O2/c1-11(2)9-15(20)19(24)21-12-7-8-17-14(10-12)18(23)13-5-3-4-6-16(13)22-17/h3-8,10-11,15H,9,20H2,1-2H3,(H,21,24)(H,22,23). The van der Waals surface area contributed by atoms with Crippen LogP contribution in [0.3, 0.4) is 0 Å². The van der Waals surface area contributed by atoms with Gasteiger partial charge in [-0.1, -0.05) is 26.0 Å². The zero-order chi connectivity index (χ0) is 17.3. The molecular weight excluding hydrogens is 302 g/mol. The van der Waals surface area contributed by atoms with E-state index in [1.807, 2.05) is 32.0 Å². The van der Waals surface area contributed by atoms with Gasteiger partial charge in [-0.15, -0.1) is 0 Å². The molecule has 124 valence electrons. The molecule has 3 aromatic rings.